The van der Waals surface area contributed by atoms with Gasteiger partial charge in [0, 0.05) is 30.0 Å². The molecule has 1 fully saturated rings. The second-order valence-electron chi connectivity index (χ2n) is 6.04. The van der Waals surface area contributed by atoms with Gasteiger partial charge < -0.3 is 5.73 Å². The lowest BCUT2D eigenvalue weighted by atomic mass is 9.87. The summed E-state index contributed by atoms with van der Waals surface area (Å²) in [5.74, 6) is 0.320. The van der Waals surface area contributed by atoms with Crippen molar-refractivity contribution in [3.05, 3.63) is 42.1 Å². The molecule has 1 aliphatic rings. The molecule has 3 rings (SSSR count). The van der Waals surface area contributed by atoms with E-state index in [0.29, 0.717) is 12.2 Å². The predicted molar refractivity (Wildman–Crippen MR) is 85.0 cm³/mol. The number of nitrogens with zero attached hydrogens (tertiary/aromatic N) is 1. The number of carbonyl (C=O) groups excluding carboxylic acids is 1. The van der Waals surface area contributed by atoms with Crippen LogP contribution in [0.5, 0.6) is 0 Å². The van der Waals surface area contributed by atoms with Crippen LogP contribution in [0.3, 0.4) is 0 Å². The summed E-state index contributed by atoms with van der Waals surface area (Å²) < 4.78 is 0. The quantitative estimate of drug-likeness (QED) is 0.879. The molecule has 3 nitrogen and oxygen atoms in total. The van der Waals surface area contributed by atoms with Crippen LogP contribution in [-0.2, 0) is 11.2 Å². The van der Waals surface area contributed by atoms with Crippen LogP contribution in [0.25, 0.3) is 10.9 Å². The Bertz CT molecular complexity index is 633. The van der Waals surface area contributed by atoms with Gasteiger partial charge in [-0.2, -0.15) is 0 Å². The highest BCUT2D eigenvalue weighted by Crippen LogP contribution is 2.25. The fraction of sp³-hybridized carbons (Fsp3) is 0.444. The lowest BCUT2D eigenvalue weighted by molar-refractivity contribution is -0.123. The van der Waals surface area contributed by atoms with Crippen LogP contribution in [0.4, 0.5) is 0 Å². The number of aromatic nitrogens is 1. The minimum absolute atomic E-state index is 0.0272. The van der Waals surface area contributed by atoms with E-state index in [-0.39, 0.29) is 12.0 Å². The first kappa shape index (κ1) is 14.2. The molecule has 2 atom stereocenters. The normalized spacial score (nSPS) is 22.9. The van der Waals surface area contributed by atoms with Crippen LogP contribution in [0, 0.1) is 5.92 Å². The first-order chi connectivity index (χ1) is 10.3. The topological polar surface area (TPSA) is 56.0 Å². The van der Waals surface area contributed by atoms with Gasteiger partial charge in [-0.15, -0.1) is 0 Å². The second-order valence-corrected chi connectivity index (χ2v) is 6.04. The van der Waals surface area contributed by atoms with Crippen LogP contribution in [0.15, 0.2) is 36.5 Å². The van der Waals surface area contributed by atoms with E-state index < -0.39 is 0 Å². The Labute approximate surface area is 125 Å². The number of benzene rings is 1. The highest BCUT2D eigenvalue weighted by Gasteiger charge is 2.27. The Morgan fingerprint density at radius 2 is 1.95 bits per heavy atom. The first-order valence-electron chi connectivity index (χ1n) is 7.86. The Hall–Kier alpha value is -1.74. The number of para-hydroxylation sites is 1. The van der Waals surface area contributed by atoms with Crippen molar-refractivity contribution in [1.29, 1.82) is 0 Å². The molecule has 0 aliphatic heterocycles. The maximum absolute atomic E-state index is 12.7. The van der Waals surface area contributed by atoms with Crippen molar-refractivity contribution in [2.45, 2.75) is 44.6 Å². The van der Waals surface area contributed by atoms with E-state index in [2.05, 4.69) is 4.98 Å². The van der Waals surface area contributed by atoms with Crippen molar-refractivity contribution in [3.8, 4) is 0 Å². The van der Waals surface area contributed by atoms with E-state index >= 15 is 0 Å². The molecule has 0 amide bonds. The molecule has 2 N–H and O–H groups in total. The summed E-state index contributed by atoms with van der Waals surface area (Å²) in [5.41, 5.74) is 8.24. The summed E-state index contributed by atoms with van der Waals surface area (Å²) in [4.78, 5) is 17.0. The van der Waals surface area contributed by atoms with Gasteiger partial charge in [0.25, 0.3) is 0 Å². The third-order valence-electron chi connectivity index (χ3n) is 4.59. The number of hydrogen-bond donors (Lipinski definition) is 1. The van der Waals surface area contributed by atoms with E-state index in [0.717, 1.165) is 42.1 Å². The van der Waals surface area contributed by atoms with E-state index in [9.17, 15) is 4.79 Å². The summed E-state index contributed by atoms with van der Waals surface area (Å²) in [7, 11) is 0. The lowest BCUT2D eigenvalue weighted by Gasteiger charge is -2.20. The predicted octanol–water partition coefficient (Wildman–Crippen LogP) is 3.25. The van der Waals surface area contributed by atoms with Crippen LogP contribution in [0.1, 0.15) is 37.7 Å². The Kier molecular flexibility index (Phi) is 4.30. The molecule has 0 saturated heterocycles. The Morgan fingerprint density at radius 3 is 2.86 bits per heavy atom. The SMILES string of the molecule is NC1CCCCCC1C(=O)Cc1ccnc2ccccc12. The summed E-state index contributed by atoms with van der Waals surface area (Å²) >= 11 is 0. The maximum Gasteiger partial charge on any atom is 0.141 e. The van der Waals surface area contributed by atoms with Gasteiger partial charge in [0.2, 0.25) is 0 Å². The molecule has 0 radical (unpaired) electrons. The van der Waals surface area contributed by atoms with E-state index in [4.69, 9.17) is 5.73 Å². The average Bonchev–Trinajstić information content (AvgIpc) is 2.72. The minimum Gasteiger partial charge on any atom is -0.327 e. The third-order valence-corrected chi connectivity index (χ3v) is 4.59. The molecule has 1 heterocycles. The monoisotopic (exact) mass is 282 g/mol. The van der Waals surface area contributed by atoms with E-state index in [1.54, 1.807) is 6.20 Å². The summed E-state index contributed by atoms with van der Waals surface area (Å²) in [6.45, 7) is 0. The molecule has 1 aliphatic carbocycles. The van der Waals surface area contributed by atoms with Gasteiger partial charge >= 0.3 is 0 Å². The van der Waals surface area contributed by atoms with Crippen molar-refractivity contribution < 1.29 is 4.79 Å². The highest BCUT2D eigenvalue weighted by atomic mass is 16.1. The molecule has 1 saturated carbocycles. The second kappa shape index (κ2) is 6.35. The summed E-state index contributed by atoms with van der Waals surface area (Å²) in [5, 5.41) is 1.08. The van der Waals surface area contributed by atoms with Crippen LogP contribution >= 0.6 is 0 Å². The van der Waals surface area contributed by atoms with Crippen LogP contribution in [-0.4, -0.2) is 16.8 Å². The zero-order chi connectivity index (χ0) is 14.7. The van der Waals surface area contributed by atoms with E-state index in [1.807, 2.05) is 30.3 Å². The molecule has 1 aromatic heterocycles. The number of Topliss-reactive ketones (excluding diaryl/α,β-unsaturated/α-hetero) is 1. The van der Waals surface area contributed by atoms with Gasteiger partial charge in [-0.1, -0.05) is 37.5 Å². The number of nitrogens with two attached hydrogens (primary N) is 1. The fourth-order valence-corrected chi connectivity index (χ4v) is 3.36. The minimum atomic E-state index is 0.0272. The number of hydrogen-bond acceptors (Lipinski definition) is 3. The molecule has 2 unspecified atom stereocenters. The lowest BCUT2D eigenvalue weighted by Crippen LogP contribution is -2.35. The van der Waals surface area contributed by atoms with Crippen molar-refractivity contribution >= 4 is 16.7 Å². The third kappa shape index (κ3) is 3.13. The largest absolute Gasteiger partial charge is 0.327 e. The van der Waals surface area contributed by atoms with Crippen LogP contribution in [0.2, 0.25) is 0 Å². The fourth-order valence-electron chi connectivity index (χ4n) is 3.36. The van der Waals surface area contributed by atoms with Gasteiger partial charge in [0.05, 0.1) is 5.52 Å². The van der Waals surface area contributed by atoms with Crippen molar-refractivity contribution in [1.82, 2.24) is 4.98 Å². The molecule has 2 aromatic rings. The molecule has 0 bridgehead atoms. The van der Waals surface area contributed by atoms with Gasteiger partial charge in [-0.3, -0.25) is 9.78 Å². The highest BCUT2D eigenvalue weighted by molar-refractivity contribution is 5.90. The molecular formula is C18H22N2O. The van der Waals surface area contributed by atoms with Gasteiger partial charge in [0.15, 0.2) is 0 Å². The molecular weight excluding hydrogens is 260 g/mol. The smallest absolute Gasteiger partial charge is 0.141 e. The maximum atomic E-state index is 12.7. The number of rotatable bonds is 3. The molecule has 110 valence electrons. The standard InChI is InChI=1S/C18H22N2O/c19-16-8-3-1-2-7-15(16)18(21)12-13-10-11-20-17-9-5-4-6-14(13)17/h4-6,9-11,15-16H,1-3,7-8,12,19H2. The number of ketones is 1. The van der Waals surface area contributed by atoms with Crippen molar-refractivity contribution in [2.75, 3.05) is 0 Å². The Morgan fingerprint density at radius 1 is 1.14 bits per heavy atom. The molecule has 1 aromatic carbocycles. The molecule has 0 spiro atoms. The van der Waals surface area contributed by atoms with Gasteiger partial charge in [-0.25, -0.2) is 0 Å². The molecule has 21 heavy (non-hydrogen) atoms. The first-order valence-corrected chi connectivity index (χ1v) is 7.86. The van der Waals surface area contributed by atoms with Gasteiger partial charge in [-0.05, 0) is 30.5 Å². The zero-order valence-electron chi connectivity index (χ0n) is 12.3. The molecule has 3 heteroatoms. The Balaban J connectivity index is 1.82. The number of carbonyl (C=O) groups is 1. The number of fused-ring (bicyclic) bond motifs is 1. The average molecular weight is 282 g/mol. The summed E-state index contributed by atoms with van der Waals surface area (Å²) in [6.07, 6.45) is 7.68. The van der Waals surface area contributed by atoms with E-state index in [1.165, 1.54) is 6.42 Å². The number of pyridine rings is 1. The van der Waals surface area contributed by atoms with Gasteiger partial charge in [0.1, 0.15) is 5.78 Å². The summed E-state index contributed by atoms with van der Waals surface area (Å²) in [6, 6.07) is 9.99. The van der Waals surface area contributed by atoms with Crippen molar-refractivity contribution in [3.63, 3.8) is 0 Å². The zero-order valence-corrected chi connectivity index (χ0v) is 12.3. The van der Waals surface area contributed by atoms with Crippen LogP contribution < -0.4 is 5.73 Å². The van der Waals surface area contributed by atoms with Crippen molar-refractivity contribution in [2.24, 2.45) is 11.7 Å².